The van der Waals surface area contributed by atoms with Crippen LogP contribution < -0.4 is 0 Å². The minimum Gasteiger partial charge on any atom is -0.477 e. The molecule has 88 valence electrons. The monoisotopic (exact) mass is 377 g/mol. The Balaban J connectivity index is 2.68. The van der Waals surface area contributed by atoms with Crippen LogP contribution in [0.2, 0.25) is 5.02 Å². The van der Waals surface area contributed by atoms with Crippen LogP contribution >= 0.6 is 43.5 Å². The van der Waals surface area contributed by atoms with E-state index in [4.69, 9.17) is 16.7 Å². The van der Waals surface area contributed by atoms with Crippen LogP contribution in [0.4, 0.5) is 0 Å². The van der Waals surface area contributed by atoms with E-state index in [0.717, 1.165) is 0 Å². The van der Waals surface area contributed by atoms with Gasteiger partial charge in [-0.3, -0.25) is 0 Å². The normalized spacial score (nSPS) is 10.5. The van der Waals surface area contributed by atoms with Gasteiger partial charge in [0.15, 0.2) is 0 Å². The van der Waals surface area contributed by atoms with Gasteiger partial charge in [0.1, 0.15) is 5.69 Å². The molecule has 0 amide bonds. The van der Waals surface area contributed by atoms with Gasteiger partial charge < -0.3 is 9.67 Å². The molecule has 0 aliphatic rings. The second-order valence-corrected chi connectivity index (χ2v) is 5.41. The van der Waals surface area contributed by atoms with Crippen LogP contribution in [-0.4, -0.2) is 15.6 Å². The van der Waals surface area contributed by atoms with Gasteiger partial charge >= 0.3 is 5.97 Å². The number of benzene rings is 1. The molecule has 0 bridgehead atoms. The SMILES string of the molecule is O=C(O)c1cc(Br)cn1-c1cccc(Cl)c1Br. The highest BCUT2D eigenvalue weighted by Crippen LogP contribution is 2.31. The first kappa shape index (κ1) is 12.7. The topological polar surface area (TPSA) is 42.2 Å². The molecule has 0 aliphatic heterocycles. The summed E-state index contributed by atoms with van der Waals surface area (Å²) in [4.78, 5) is 11.1. The van der Waals surface area contributed by atoms with Crippen molar-refractivity contribution in [2.45, 2.75) is 0 Å². The van der Waals surface area contributed by atoms with Crippen molar-refractivity contribution in [3.8, 4) is 5.69 Å². The minimum atomic E-state index is -0.998. The summed E-state index contributed by atoms with van der Waals surface area (Å²) in [6, 6.07) is 6.82. The first-order valence-corrected chi connectivity index (χ1v) is 6.52. The zero-order valence-corrected chi connectivity index (χ0v) is 12.3. The first-order chi connectivity index (χ1) is 8.00. The molecule has 1 N–H and O–H groups in total. The molecule has 0 aliphatic carbocycles. The van der Waals surface area contributed by atoms with E-state index < -0.39 is 5.97 Å². The fourth-order valence-corrected chi connectivity index (χ4v) is 2.52. The second kappa shape index (κ2) is 4.84. The third-order valence-corrected chi connectivity index (χ3v) is 4.01. The van der Waals surface area contributed by atoms with Gasteiger partial charge in [-0.2, -0.15) is 0 Å². The van der Waals surface area contributed by atoms with E-state index in [1.165, 1.54) is 6.07 Å². The quantitative estimate of drug-likeness (QED) is 0.843. The van der Waals surface area contributed by atoms with Gasteiger partial charge in [0.05, 0.1) is 15.2 Å². The molecule has 0 saturated heterocycles. The standard InChI is InChI=1S/C11H6Br2ClNO2/c12-6-4-9(11(16)17)15(5-6)8-3-1-2-7(14)10(8)13/h1-5H,(H,16,17). The van der Waals surface area contributed by atoms with Gasteiger partial charge in [-0.25, -0.2) is 4.79 Å². The van der Waals surface area contributed by atoms with Crippen molar-refractivity contribution in [2.75, 3.05) is 0 Å². The maximum atomic E-state index is 11.1. The number of carboxylic acid groups (broad SMARTS) is 1. The lowest BCUT2D eigenvalue weighted by atomic mass is 10.3. The number of carbonyl (C=O) groups is 1. The summed E-state index contributed by atoms with van der Waals surface area (Å²) in [5, 5.41) is 9.64. The molecule has 0 saturated carbocycles. The summed E-state index contributed by atoms with van der Waals surface area (Å²) in [5.74, 6) is -0.998. The molecule has 0 unspecified atom stereocenters. The minimum absolute atomic E-state index is 0.167. The van der Waals surface area contributed by atoms with Crippen LogP contribution in [0.1, 0.15) is 10.5 Å². The van der Waals surface area contributed by atoms with Crippen molar-refractivity contribution in [3.05, 3.63) is 50.1 Å². The van der Waals surface area contributed by atoms with Crippen molar-refractivity contribution < 1.29 is 9.90 Å². The Bertz CT molecular complexity index is 595. The zero-order chi connectivity index (χ0) is 12.6. The molecule has 2 aromatic rings. The number of aromatic nitrogens is 1. The number of hydrogen-bond acceptors (Lipinski definition) is 1. The Morgan fingerprint density at radius 1 is 1.35 bits per heavy atom. The van der Waals surface area contributed by atoms with E-state index in [2.05, 4.69) is 31.9 Å². The van der Waals surface area contributed by atoms with E-state index in [-0.39, 0.29) is 5.69 Å². The largest absolute Gasteiger partial charge is 0.477 e. The summed E-state index contributed by atoms with van der Waals surface area (Å²) in [6.45, 7) is 0. The number of aromatic carboxylic acids is 1. The predicted molar refractivity (Wildman–Crippen MR) is 73.1 cm³/mol. The summed E-state index contributed by atoms with van der Waals surface area (Å²) in [6.07, 6.45) is 1.68. The third-order valence-electron chi connectivity index (χ3n) is 2.20. The highest BCUT2D eigenvalue weighted by molar-refractivity contribution is 9.11. The molecular formula is C11H6Br2ClNO2. The lowest BCUT2D eigenvalue weighted by Crippen LogP contribution is -2.06. The van der Waals surface area contributed by atoms with E-state index >= 15 is 0 Å². The maximum absolute atomic E-state index is 11.1. The number of rotatable bonds is 2. The Hall–Kier alpha value is -0.780. The fraction of sp³-hybridized carbons (Fsp3) is 0. The first-order valence-electron chi connectivity index (χ1n) is 4.56. The van der Waals surface area contributed by atoms with E-state index in [0.29, 0.717) is 19.7 Å². The van der Waals surface area contributed by atoms with Crippen molar-refractivity contribution in [1.29, 1.82) is 0 Å². The number of carboxylic acids is 1. The van der Waals surface area contributed by atoms with Gasteiger partial charge in [0.2, 0.25) is 0 Å². The highest BCUT2D eigenvalue weighted by Gasteiger charge is 2.15. The molecule has 0 atom stereocenters. The Morgan fingerprint density at radius 3 is 2.71 bits per heavy atom. The Labute approximate surface area is 119 Å². The molecule has 1 heterocycles. The zero-order valence-electron chi connectivity index (χ0n) is 8.32. The molecule has 0 spiro atoms. The van der Waals surface area contributed by atoms with Crippen molar-refractivity contribution in [1.82, 2.24) is 4.57 Å². The molecule has 17 heavy (non-hydrogen) atoms. The second-order valence-electron chi connectivity index (χ2n) is 3.29. The molecule has 3 nitrogen and oxygen atoms in total. The van der Waals surface area contributed by atoms with Crippen LogP contribution in [0.3, 0.4) is 0 Å². The van der Waals surface area contributed by atoms with Crippen LogP contribution in [0.15, 0.2) is 39.4 Å². The fourth-order valence-electron chi connectivity index (χ4n) is 1.47. The van der Waals surface area contributed by atoms with Gasteiger partial charge in [0.25, 0.3) is 0 Å². The summed E-state index contributed by atoms with van der Waals surface area (Å²) < 4.78 is 2.91. The summed E-state index contributed by atoms with van der Waals surface area (Å²) in [7, 11) is 0. The van der Waals surface area contributed by atoms with Crippen molar-refractivity contribution in [3.63, 3.8) is 0 Å². The maximum Gasteiger partial charge on any atom is 0.352 e. The van der Waals surface area contributed by atoms with Crippen molar-refractivity contribution in [2.24, 2.45) is 0 Å². The predicted octanol–water partition coefficient (Wildman–Crippen LogP) is 4.35. The number of hydrogen-bond donors (Lipinski definition) is 1. The lowest BCUT2D eigenvalue weighted by Gasteiger charge is -2.09. The number of halogens is 3. The third kappa shape index (κ3) is 2.41. The van der Waals surface area contributed by atoms with Crippen molar-refractivity contribution >= 4 is 49.4 Å². The average Bonchev–Trinajstić information content (AvgIpc) is 2.64. The highest BCUT2D eigenvalue weighted by atomic mass is 79.9. The molecule has 2 rings (SSSR count). The van der Waals surface area contributed by atoms with Gasteiger partial charge in [-0.05, 0) is 50.1 Å². The smallest absolute Gasteiger partial charge is 0.352 e. The summed E-state index contributed by atoms with van der Waals surface area (Å²) in [5.41, 5.74) is 0.848. The Kier molecular flexibility index (Phi) is 3.61. The molecule has 0 fully saturated rings. The van der Waals surface area contributed by atoms with Crippen LogP contribution in [0, 0.1) is 0 Å². The van der Waals surface area contributed by atoms with Gasteiger partial charge in [-0.1, -0.05) is 17.7 Å². The molecule has 1 aromatic heterocycles. The van der Waals surface area contributed by atoms with E-state index in [1.54, 1.807) is 29.0 Å². The van der Waals surface area contributed by atoms with E-state index in [1.807, 2.05) is 0 Å². The van der Waals surface area contributed by atoms with Gasteiger partial charge in [0, 0.05) is 10.7 Å². The van der Waals surface area contributed by atoms with E-state index in [9.17, 15) is 4.79 Å². The summed E-state index contributed by atoms with van der Waals surface area (Å²) >= 11 is 12.6. The van der Waals surface area contributed by atoms with Crippen LogP contribution in [-0.2, 0) is 0 Å². The average molecular weight is 379 g/mol. The molecule has 0 radical (unpaired) electrons. The lowest BCUT2D eigenvalue weighted by molar-refractivity contribution is 0.0688. The Morgan fingerprint density at radius 2 is 2.06 bits per heavy atom. The molecular weight excluding hydrogens is 373 g/mol. The van der Waals surface area contributed by atoms with Gasteiger partial charge in [-0.15, -0.1) is 0 Å². The molecule has 6 heteroatoms. The van der Waals surface area contributed by atoms with Crippen LogP contribution in [0.25, 0.3) is 5.69 Å². The number of nitrogens with zero attached hydrogens (tertiary/aromatic N) is 1. The van der Waals surface area contributed by atoms with Crippen LogP contribution in [0.5, 0.6) is 0 Å². The molecule has 1 aromatic carbocycles.